The Kier molecular flexibility index (Phi) is 2.05. The van der Waals surface area contributed by atoms with Crippen LogP contribution >= 0.6 is 0 Å². The highest BCUT2D eigenvalue weighted by Crippen LogP contribution is 2.14. The summed E-state index contributed by atoms with van der Waals surface area (Å²) in [5.74, 6) is 0. The molecule has 0 N–H and O–H groups in total. The lowest BCUT2D eigenvalue weighted by atomic mass is 10.2. The Labute approximate surface area is 54.8 Å². The van der Waals surface area contributed by atoms with Crippen molar-refractivity contribution in [3.05, 3.63) is 0 Å². The first kappa shape index (κ1) is 6.99. The molecule has 1 saturated heterocycles. The predicted octanol–water partition coefficient (Wildman–Crippen LogP) is 1.09. The standard InChI is InChI=1S/C6H12O3/c1-4-5(2)8-9-6(3)7-4/h4-6H,1-3H3. The minimum absolute atomic E-state index is 0.0428. The Balaban J connectivity index is 2.35. The van der Waals surface area contributed by atoms with Crippen molar-refractivity contribution in [2.45, 2.75) is 39.3 Å². The van der Waals surface area contributed by atoms with Crippen LogP contribution in [0, 0.1) is 0 Å². The van der Waals surface area contributed by atoms with Crippen LogP contribution in [0.25, 0.3) is 0 Å². The average molecular weight is 132 g/mol. The van der Waals surface area contributed by atoms with Crippen molar-refractivity contribution in [2.24, 2.45) is 0 Å². The van der Waals surface area contributed by atoms with Crippen LogP contribution in [0.15, 0.2) is 0 Å². The summed E-state index contributed by atoms with van der Waals surface area (Å²) >= 11 is 0. The zero-order valence-corrected chi connectivity index (χ0v) is 5.96. The van der Waals surface area contributed by atoms with E-state index in [1.807, 2.05) is 20.8 Å². The van der Waals surface area contributed by atoms with Crippen molar-refractivity contribution in [3.63, 3.8) is 0 Å². The molecule has 0 saturated carbocycles. The van der Waals surface area contributed by atoms with Gasteiger partial charge in [0.05, 0.1) is 6.10 Å². The molecule has 54 valence electrons. The van der Waals surface area contributed by atoms with Crippen LogP contribution in [0.4, 0.5) is 0 Å². The first-order valence-corrected chi connectivity index (χ1v) is 3.17. The molecule has 0 aromatic rings. The molecule has 0 aliphatic carbocycles. The summed E-state index contributed by atoms with van der Waals surface area (Å²) in [5, 5.41) is 0. The molecule has 9 heavy (non-hydrogen) atoms. The summed E-state index contributed by atoms with van der Waals surface area (Å²) in [5.41, 5.74) is 0. The van der Waals surface area contributed by atoms with Gasteiger partial charge in [-0.3, -0.25) is 0 Å². The van der Waals surface area contributed by atoms with Crippen LogP contribution in [0.1, 0.15) is 20.8 Å². The third-order valence-electron chi connectivity index (χ3n) is 1.41. The molecule has 0 bridgehead atoms. The van der Waals surface area contributed by atoms with Crippen molar-refractivity contribution in [1.29, 1.82) is 0 Å². The van der Waals surface area contributed by atoms with E-state index in [0.29, 0.717) is 0 Å². The normalized spacial score (nSPS) is 45.0. The first-order chi connectivity index (χ1) is 4.20. The Hall–Kier alpha value is -0.120. The van der Waals surface area contributed by atoms with Gasteiger partial charge in [-0.2, -0.15) is 0 Å². The minimum atomic E-state index is -0.226. The smallest absolute Gasteiger partial charge is 0.188 e. The van der Waals surface area contributed by atoms with Gasteiger partial charge in [0.1, 0.15) is 6.10 Å². The van der Waals surface area contributed by atoms with Crippen molar-refractivity contribution in [3.8, 4) is 0 Å². The number of hydrogen-bond donors (Lipinski definition) is 0. The molecule has 3 atom stereocenters. The number of ether oxygens (including phenoxy) is 1. The van der Waals surface area contributed by atoms with E-state index in [-0.39, 0.29) is 18.5 Å². The molecule has 3 nitrogen and oxygen atoms in total. The monoisotopic (exact) mass is 132 g/mol. The van der Waals surface area contributed by atoms with E-state index in [4.69, 9.17) is 14.5 Å². The highest BCUT2D eigenvalue weighted by Gasteiger charge is 2.23. The third-order valence-corrected chi connectivity index (χ3v) is 1.41. The lowest BCUT2D eigenvalue weighted by Gasteiger charge is -2.29. The fourth-order valence-electron chi connectivity index (χ4n) is 0.680. The van der Waals surface area contributed by atoms with Crippen LogP contribution in [0.2, 0.25) is 0 Å². The van der Waals surface area contributed by atoms with Crippen LogP contribution in [0.5, 0.6) is 0 Å². The lowest BCUT2D eigenvalue weighted by Crippen LogP contribution is -2.37. The lowest BCUT2D eigenvalue weighted by molar-refractivity contribution is -0.448. The molecule has 0 radical (unpaired) electrons. The molecular weight excluding hydrogens is 120 g/mol. The Morgan fingerprint density at radius 1 is 0.889 bits per heavy atom. The molecule has 3 heteroatoms. The Morgan fingerprint density at radius 2 is 1.56 bits per heavy atom. The Bertz CT molecular complexity index is 94.3. The summed E-state index contributed by atoms with van der Waals surface area (Å²) in [4.78, 5) is 9.62. The fraction of sp³-hybridized carbons (Fsp3) is 1.00. The number of rotatable bonds is 0. The highest BCUT2D eigenvalue weighted by atomic mass is 17.2. The summed E-state index contributed by atoms with van der Waals surface area (Å²) < 4.78 is 5.25. The van der Waals surface area contributed by atoms with Gasteiger partial charge in [0.25, 0.3) is 0 Å². The largest absolute Gasteiger partial charge is 0.344 e. The van der Waals surface area contributed by atoms with Gasteiger partial charge in [0.2, 0.25) is 0 Å². The predicted molar refractivity (Wildman–Crippen MR) is 31.6 cm³/mol. The van der Waals surface area contributed by atoms with Gasteiger partial charge in [-0.05, 0) is 20.8 Å². The van der Waals surface area contributed by atoms with Gasteiger partial charge >= 0.3 is 0 Å². The van der Waals surface area contributed by atoms with Crippen molar-refractivity contribution in [2.75, 3.05) is 0 Å². The maximum atomic E-state index is 5.25. The fourth-order valence-corrected chi connectivity index (χ4v) is 0.680. The van der Waals surface area contributed by atoms with Gasteiger partial charge in [0.15, 0.2) is 6.29 Å². The van der Waals surface area contributed by atoms with Gasteiger partial charge in [-0.1, -0.05) is 0 Å². The third kappa shape index (κ3) is 1.64. The maximum absolute atomic E-state index is 5.25. The van der Waals surface area contributed by atoms with Gasteiger partial charge in [-0.25, -0.2) is 9.78 Å². The van der Waals surface area contributed by atoms with Gasteiger partial charge in [-0.15, -0.1) is 0 Å². The summed E-state index contributed by atoms with van der Waals surface area (Å²) in [6, 6.07) is 0. The van der Waals surface area contributed by atoms with Gasteiger partial charge in [0, 0.05) is 0 Å². The second-order valence-corrected chi connectivity index (χ2v) is 2.31. The molecule has 1 heterocycles. The van der Waals surface area contributed by atoms with E-state index in [2.05, 4.69) is 0 Å². The second-order valence-electron chi connectivity index (χ2n) is 2.31. The number of hydrogen-bond acceptors (Lipinski definition) is 3. The Morgan fingerprint density at radius 3 is 2.00 bits per heavy atom. The molecule has 1 rings (SSSR count). The molecule has 0 spiro atoms. The van der Waals surface area contributed by atoms with E-state index in [0.717, 1.165) is 0 Å². The molecule has 0 aromatic heterocycles. The zero-order chi connectivity index (χ0) is 6.85. The van der Waals surface area contributed by atoms with Crippen LogP contribution in [-0.4, -0.2) is 18.5 Å². The van der Waals surface area contributed by atoms with Crippen molar-refractivity contribution >= 4 is 0 Å². The van der Waals surface area contributed by atoms with E-state index < -0.39 is 0 Å². The van der Waals surface area contributed by atoms with Gasteiger partial charge < -0.3 is 4.74 Å². The summed E-state index contributed by atoms with van der Waals surface area (Å²) in [7, 11) is 0. The topological polar surface area (TPSA) is 27.7 Å². The second kappa shape index (κ2) is 2.64. The van der Waals surface area contributed by atoms with Crippen LogP contribution in [0.3, 0.4) is 0 Å². The van der Waals surface area contributed by atoms with Crippen molar-refractivity contribution in [1.82, 2.24) is 0 Å². The molecule has 1 fully saturated rings. The molecule has 0 amide bonds. The first-order valence-electron chi connectivity index (χ1n) is 3.17. The molecular formula is C6H12O3. The maximum Gasteiger partial charge on any atom is 0.188 e. The molecule has 1 aliphatic heterocycles. The quantitative estimate of drug-likeness (QED) is 0.462. The molecule has 3 unspecified atom stereocenters. The van der Waals surface area contributed by atoms with Crippen LogP contribution in [-0.2, 0) is 14.5 Å². The van der Waals surface area contributed by atoms with E-state index >= 15 is 0 Å². The minimum Gasteiger partial charge on any atom is -0.344 e. The molecule has 0 aromatic carbocycles. The van der Waals surface area contributed by atoms with E-state index in [1.54, 1.807) is 0 Å². The average Bonchev–Trinajstić information content (AvgIpc) is 1.80. The molecule has 1 aliphatic rings. The summed E-state index contributed by atoms with van der Waals surface area (Å²) in [6.45, 7) is 5.68. The SMILES string of the molecule is CC1OOC(C)C(C)O1. The van der Waals surface area contributed by atoms with Crippen molar-refractivity contribution < 1.29 is 14.5 Å². The van der Waals surface area contributed by atoms with E-state index in [1.165, 1.54) is 0 Å². The zero-order valence-electron chi connectivity index (χ0n) is 5.96. The summed E-state index contributed by atoms with van der Waals surface area (Å²) in [6.07, 6.45) is -0.0499. The highest BCUT2D eigenvalue weighted by molar-refractivity contribution is 4.60. The van der Waals surface area contributed by atoms with E-state index in [9.17, 15) is 0 Å². The van der Waals surface area contributed by atoms with Crippen LogP contribution < -0.4 is 0 Å².